The summed E-state index contributed by atoms with van der Waals surface area (Å²) >= 11 is 0. The van der Waals surface area contributed by atoms with Crippen LogP contribution < -0.4 is 0 Å². The van der Waals surface area contributed by atoms with Gasteiger partial charge in [0, 0.05) is 26.2 Å². The molecule has 2 aromatic rings. The van der Waals surface area contributed by atoms with Gasteiger partial charge in [0.25, 0.3) is 0 Å². The number of halogens is 1. The van der Waals surface area contributed by atoms with Crippen LogP contribution in [-0.4, -0.2) is 52.4 Å². The molecular formula is C15H19FN4O. The van der Waals surface area contributed by atoms with Gasteiger partial charge in [-0.2, -0.15) is 0 Å². The van der Waals surface area contributed by atoms with Crippen LogP contribution in [0.4, 0.5) is 4.39 Å². The van der Waals surface area contributed by atoms with Gasteiger partial charge in [-0.1, -0.05) is 6.92 Å². The molecule has 1 aliphatic heterocycles. The molecule has 0 aliphatic carbocycles. The van der Waals surface area contributed by atoms with Gasteiger partial charge in [-0.15, -0.1) is 0 Å². The van der Waals surface area contributed by atoms with Crippen molar-refractivity contribution in [3.05, 3.63) is 29.8 Å². The lowest BCUT2D eigenvalue weighted by Crippen LogP contribution is -2.47. The lowest BCUT2D eigenvalue weighted by atomic mass is 10.1. The van der Waals surface area contributed by atoms with Gasteiger partial charge in [0.2, 0.25) is 6.41 Å². The van der Waals surface area contributed by atoms with Gasteiger partial charge in [0.15, 0.2) is 0 Å². The molecule has 1 aromatic heterocycles. The summed E-state index contributed by atoms with van der Waals surface area (Å²) in [5, 5.41) is 0. The van der Waals surface area contributed by atoms with E-state index >= 15 is 0 Å². The number of aromatic amines is 1. The minimum Gasteiger partial charge on any atom is -0.343 e. The number of nitrogens with one attached hydrogen (secondary N) is 1. The predicted octanol–water partition coefficient (Wildman–Crippen LogP) is 1.93. The maximum atomic E-state index is 13.3. The largest absolute Gasteiger partial charge is 0.343 e. The van der Waals surface area contributed by atoms with Gasteiger partial charge in [0.1, 0.15) is 11.6 Å². The van der Waals surface area contributed by atoms with Crippen LogP contribution in [0.3, 0.4) is 0 Å². The Labute approximate surface area is 122 Å². The number of carbonyl (C=O) groups is 1. The molecule has 1 fully saturated rings. The highest BCUT2D eigenvalue weighted by Gasteiger charge is 2.25. The number of amides is 1. The fourth-order valence-electron chi connectivity index (χ4n) is 2.94. The molecule has 1 amide bonds. The van der Waals surface area contributed by atoms with Crippen molar-refractivity contribution in [2.75, 3.05) is 26.2 Å². The molecule has 0 saturated carbocycles. The van der Waals surface area contributed by atoms with E-state index < -0.39 is 0 Å². The summed E-state index contributed by atoms with van der Waals surface area (Å²) in [6.07, 6.45) is 1.83. The second-order valence-corrected chi connectivity index (χ2v) is 5.38. The number of hydrogen-bond acceptors (Lipinski definition) is 3. The average Bonchev–Trinajstić information content (AvgIpc) is 2.91. The average molecular weight is 290 g/mol. The number of piperazine rings is 1. The molecule has 112 valence electrons. The van der Waals surface area contributed by atoms with Crippen LogP contribution in [0.15, 0.2) is 18.2 Å². The second kappa shape index (κ2) is 5.81. The fraction of sp³-hybridized carbons (Fsp3) is 0.467. The number of rotatable bonds is 4. The van der Waals surface area contributed by atoms with Crippen LogP contribution in [0.2, 0.25) is 0 Å². The third-order valence-electron chi connectivity index (χ3n) is 4.10. The van der Waals surface area contributed by atoms with Gasteiger partial charge in [-0.25, -0.2) is 9.37 Å². The van der Waals surface area contributed by atoms with Crippen molar-refractivity contribution in [3.8, 4) is 0 Å². The third kappa shape index (κ3) is 2.76. The van der Waals surface area contributed by atoms with E-state index in [0.29, 0.717) is 0 Å². The molecule has 3 rings (SSSR count). The number of fused-ring (bicyclic) bond motifs is 1. The Morgan fingerprint density at radius 1 is 1.38 bits per heavy atom. The van der Waals surface area contributed by atoms with Crippen molar-refractivity contribution in [3.63, 3.8) is 0 Å². The van der Waals surface area contributed by atoms with Crippen molar-refractivity contribution < 1.29 is 9.18 Å². The zero-order valence-corrected chi connectivity index (χ0v) is 12.1. The number of nitrogens with zero attached hydrogens (tertiary/aromatic N) is 3. The standard InChI is InChI=1S/C15H19FN4O/c1-2-14(20-7-5-19(10-21)6-8-20)15-17-12-4-3-11(16)9-13(12)18-15/h3-4,9-10,14H,2,5-8H2,1H3,(H,17,18). The Kier molecular flexibility index (Phi) is 3.88. The lowest BCUT2D eigenvalue weighted by Gasteiger charge is -2.36. The maximum Gasteiger partial charge on any atom is 0.209 e. The molecule has 1 aliphatic rings. The molecule has 1 unspecified atom stereocenters. The van der Waals surface area contributed by atoms with Gasteiger partial charge >= 0.3 is 0 Å². The first-order valence-corrected chi connectivity index (χ1v) is 7.30. The van der Waals surface area contributed by atoms with E-state index in [4.69, 9.17) is 0 Å². The molecule has 1 saturated heterocycles. The molecule has 0 spiro atoms. The van der Waals surface area contributed by atoms with E-state index in [0.717, 1.165) is 55.9 Å². The Bertz CT molecular complexity index is 634. The van der Waals surface area contributed by atoms with Crippen LogP contribution in [0, 0.1) is 5.82 Å². The third-order valence-corrected chi connectivity index (χ3v) is 4.10. The number of hydrogen-bond donors (Lipinski definition) is 1. The Hall–Kier alpha value is -1.95. The molecular weight excluding hydrogens is 271 g/mol. The number of aromatic nitrogens is 2. The van der Waals surface area contributed by atoms with E-state index in [2.05, 4.69) is 21.8 Å². The summed E-state index contributed by atoms with van der Waals surface area (Å²) in [6.45, 7) is 5.28. The first-order valence-electron chi connectivity index (χ1n) is 7.30. The van der Waals surface area contributed by atoms with Gasteiger partial charge in [0.05, 0.1) is 17.1 Å². The molecule has 0 bridgehead atoms. The number of H-pyrrole nitrogens is 1. The highest BCUT2D eigenvalue weighted by Crippen LogP contribution is 2.25. The molecule has 2 heterocycles. The Morgan fingerprint density at radius 3 is 2.81 bits per heavy atom. The van der Waals surface area contributed by atoms with Crippen LogP contribution in [0.5, 0.6) is 0 Å². The van der Waals surface area contributed by atoms with Crippen LogP contribution in [-0.2, 0) is 4.79 Å². The van der Waals surface area contributed by atoms with Crippen molar-refractivity contribution in [1.82, 2.24) is 19.8 Å². The smallest absolute Gasteiger partial charge is 0.209 e. The van der Waals surface area contributed by atoms with Gasteiger partial charge in [-0.05, 0) is 24.6 Å². The summed E-state index contributed by atoms with van der Waals surface area (Å²) in [5.74, 6) is 0.614. The molecule has 6 heteroatoms. The second-order valence-electron chi connectivity index (χ2n) is 5.38. The normalized spacial score (nSPS) is 18.1. The van der Waals surface area contributed by atoms with Crippen molar-refractivity contribution in [2.45, 2.75) is 19.4 Å². The highest BCUT2D eigenvalue weighted by molar-refractivity contribution is 5.75. The summed E-state index contributed by atoms with van der Waals surface area (Å²) in [6, 6.07) is 4.77. The summed E-state index contributed by atoms with van der Waals surface area (Å²) in [7, 11) is 0. The Balaban J connectivity index is 1.83. The van der Waals surface area contributed by atoms with E-state index in [1.807, 2.05) is 0 Å². The lowest BCUT2D eigenvalue weighted by molar-refractivity contribution is -0.120. The zero-order valence-electron chi connectivity index (χ0n) is 12.1. The number of benzene rings is 1. The molecule has 5 nitrogen and oxygen atoms in total. The first kappa shape index (κ1) is 14.0. The number of imidazole rings is 1. The summed E-state index contributed by atoms with van der Waals surface area (Å²) < 4.78 is 13.3. The SMILES string of the molecule is CCC(c1nc2ccc(F)cc2[nH]1)N1CCN(C=O)CC1. The molecule has 1 atom stereocenters. The minimum absolute atomic E-state index is 0.175. The Morgan fingerprint density at radius 2 is 2.14 bits per heavy atom. The monoisotopic (exact) mass is 290 g/mol. The minimum atomic E-state index is -0.259. The number of carbonyl (C=O) groups excluding carboxylic acids is 1. The highest BCUT2D eigenvalue weighted by atomic mass is 19.1. The van der Waals surface area contributed by atoms with Crippen molar-refractivity contribution in [1.29, 1.82) is 0 Å². The van der Waals surface area contributed by atoms with Gasteiger partial charge < -0.3 is 9.88 Å². The maximum absolute atomic E-state index is 13.3. The van der Waals surface area contributed by atoms with Crippen LogP contribution in [0.25, 0.3) is 11.0 Å². The van der Waals surface area contributed by atoms with Crippen molar-refractivity contribution >= 4 is 17.4 Å². The van der Waals surface area contributed by atoms with Crippen LogP contribution in [0.1, 0.15) is 25.2 Å². The van der Waals surface area contributed by atoms with Crippen molar-refractivity contribution in [2.24, 2.45) is 0 Å². The molecule has 21 heavy (non-hydrogen) atoms. The van der Waals surface area contributed by atoms with Crippen LogP contribution >= 0.6 is 0 Å². The molecule has 1 N–H and O–H groups in total. The van der Waals surface area contributed by atoms with E-state index in [1.54, 1.807) is 11.0 Å². The summed E-state index contributed by atoms with van der Waals surface area (Å²) in [5.41, 5.74) is 1.52. The van der Waals surface area contributed by atoms with Gasteiger partial charge in [-0.3, -0.25) is 9.69 Å². The first-order chi connectivity index (χ1) is 10.2. The quantitative estimate of drug-likeness (QED) is 0.875. The molecule has 1 aromatic carbocycles. The topological polar surface area (TPSA) is 52.2 Å². The zero-order chi connectivity index (χ0) is 14.8. The molecule has 0 radical (unpaired) electrons. The van der Waals surface area contributed by atoms with E-state index in [1.165, 1.54) is 12.1 Å². The fourth-order valence-corrected chi connectivity index (χ4v) is 2.94. The van der Waals surface area contributed by atoms with E-state index in [9.17, 15) is 9.18 Å². The summed E-state index contributed by atoms with van der Waals surface area (Å²) in [4.78, 5) is 22.7. The predicted molar refractivity (Wildman–Crippen MR) is 78.3 cm³/mol. The van der Waals surface area contributed by atoms with E-state index in [-0.39, 0.29) is 11.9 Å².